The summed E-state index contributed by atoms with van der Waals surface area (Å²) in [4.78, 5) is 20.4. The number of carbonyl (C=O) groups excluding carboxylic acids is 1. The summed E-state index contributed by atoms with van der Waals surface area (Å²) in [5.74, 6) is -0.202. The average Bonchev–Trinajstić information content (AvgIpc) is 3.05. The molecule has 2 aliphatic carbocycles. The summed E-state index contributed by atoms with van der Waals surface area (Å²) in [6.45, 7) is 2.19. The Morgan fingerprint density at radius 2 is 1.83 bits per heavy atom. The molecule has 0 radical (unpaired) electrons. The van der Waals surface area contributed by atoms with Gasteiger partial charge in [-0.05, 0) is 45.4 Å². The van der Waals surface area contributed by atoms with E-state index < -0.39 is 0 Å². The van der Waals surface area contributed by atoms with E-state index in [0.29, 0.717) is 5.56 Å². The van der Waals surface area contributed by atoms with Crippen molar-refractivity contribution in [2.75, 3.05) is 0 Å². The molecular weight excluding hydrogens is 306 g/mol. The number of hydrogen-bond donors (Lipinski definition) is 3. The highest BCUT2D eigenvalue weighted by Crippen LogP contribution is 2.33. The molecule has 0 aromatic carbocycles. The molecule has 3 rings (SSSR count). The molecule has 7 heteroatoms. The molecule has 0 unspecified atom stereocenters. The van der Waals surface area contributed by atoms with Crippen LogP contribution in [-0.4, -0.2) is 43.8 Å². The maximum Gasteiger partial charge on any atom is 0.269 e. The number of carbonyl (C=O) groups is 1. The van der Waals surface area contributed by atoms with Crippen LogP contribution in [0.2, 0.25) is 0 Å². The predicted molar refractivity (Wildman–Crippen MR) is 89.6 cm³/mol. The number of hydrogen-bond acceptors (Lipinski definition) is 6. The van der Waals surface area contributed by atoms with Crippen LogP contribution in [0.5, 0.6) is 0 Å². The van der Waals surface area contributed by atoms with E-state index in [2.05, 4.69) is 27.7 Å². The Bertz CT molecular complexity index is 539. The van der Waals surface area contributed by atoms with E-state index >= 15 is 0 Å². The summed E-state index contributed by atoms with van der Waals surface area (Å²) in [6, 6.07) is 0.276. The Hall–Kier alpha value is -1.57. The smallest absolute Gasteiger partial charge is 0.269 e. The van der Waals surface area contributed by atoms with Crippen molar-refractivity contribution in [1.29, 1.82) is 0 Å². The van der Waals surface area contributed by atoms with Gasteiger partial charge in [0.2, 0.25) is 0 Å². The number of rotatable bonds is 5. The Kier molecular flexibility index (Phi) is 5.43. The highest BCUT2D eigenvalue weighted by Gasteiger charge is 2.38. The number of nitrogens with zero attached hydrogens (tertiary/aromatic N) is 3. The monoisotopic (exact) mass is 333 g/mol. The van der Waals surface area contributed by atoms with Crippen molar-refractivity contribution >= 4 is 5.91 Å². The third-order valence-corrected chi connectivity index (χ3v) is 5.27. The molecule has 7 nitrogen and oxygen atoms in total. The fraction of sp³-hybridized carbons (Fsp3) is 0.706. The minimum absolute atomic E-state index is 0.0959. The molecule has 2 fully saturated rings. The molecule has 0 spiro atoms. The lowest BCUT2D eigenvalue weighted by Crippen LogP contribution is -2.63. The van der Waals surface area contributed by atoms with Gasteiger partial charge in [-0.3, -0.25) is 10.2 Å². The van der Waals surface area contributed by atoms with Crippen LogP contribution in [0.4, 0.5) is 0 Å². The van der Waals surface area contributed by atoms with Crippen molar-refractivity contribution < 1.29 is 9.90 Å². The minimum Gasteiger partial charge on any atom is -0.393 e. The summed E-state index contributed by atoms with van der Waals surface area (Å²) in [5, 5.41) is 11.6. The number of aliphatic hydroxyl groups is 1. The lowest BCUT2D eigenvalue weighted by atomic mass is 9.93. The van der Waals surface area contributed by atoms with Crippen molar-refractivity contribution in [1.82, 2.24) is 25.9 Å². The highest BCUT2D eigenvalue weighted by molar-refractivity contribution is 5.93. The Morgan fingerprint density at radius 1 is 1.21 bits per heavy atom. The fourth-order valence-electron chi connectivity index (χ4n) is 3.65. The zero-order chi connectivity index (χ0) is 17.0. The van der Waals surface area contributed by atoms with Crippen LogP contribution >= 0.6 is 0 Å². The molecule has 0 atom stereocenters. The van der Waals surface area contributed by atoms with Gasteiger partial charge in [-0.1, -0.05) is 12.8 Å². The lowest BCUT2D eigenvalue weighted by molar-refractivity contribution is -0.0238. The maximum atomic E-state index is 12.5. The first-order valence-corrected chi connectivity index (χ1v) is 8.87. The summed E-state index contributed by atoms with van der Waals surface area (Å²) in [6.07, 6.45) is 12.1. The van der Waals surface area contributed by atoms with Crippen LogP contribution in [-0.2, 0) is 0 Å². The molecular formula is C17H27N5O2. The number of aliphatic hydroxyl groups excluding tert-OH is 1. The second kappa shape index (κ2) is 7.55. The van der Waals surface area contributed by atoms with Gasteiger partial charge in [0, 0.05) is 18.4 Å². The van der Waals surface area contributed by atoms with Gasteiger partial charge >= 0.3 is 0 Å². The average molecular weight is 333 g/mol. The molecule has 0 saturated heterocycles. The minimum atomic E-state index is -0.202. The van der Waals surface area contributed by atoms with Crippen LogP contribution in [0.15, 0.2) is 18.7 Å². The van der Waals surface area contributed by atoms with Crippen molar-refractivity contribution in [2.24, 2.45) is 0 Å². The second-order valence-electron chi connectivity index (χ2n) is 7.24. The third-order valence-electron chi connectivity index (χ3n) is 5.27. The van der Waals surface area contributed by atoms with E-state index in [0.717, 1.165) is 38.5 Å². The zero-order valence-corrected chi connectivity index (χ0v) is 14.2. The summed E-state index contributed by atoms with van der Waals surface area (Å²) >= 11 is 0. The molecule has 0 bridgehead atoms. The number of hydrazine groups is 2. The molecule has 0 aliphatic heterocycles. The van der Waals surface area contributed by atoms with Gasteiger partial charge in [0.05, 0.1) is 17.2 Å². The van der Waals surface area contributed by atoms with Crippen LogP contribution < -0.4 is 10.9 Å². The van der Waals surface area contributed by atoms with Gasteiger partial charge in [-0.25, -0.2) is 15.4 Å². The van der Waals surface area contributed by atoms with E-state index in [1.807, 2.05) is 5.12 Å². The van der Waals surface area contributed by atoms with Crippen molar-refractivity contribution in [2.45, 2.75) is 76.0 Å². The SMILES string of the molecule is CC1(N(NC(=O)c2cncnc2)NC2CCC(O)CC2)CCCC1. The molecule has 1 heterocycles. The van der Waals surface area contributed by atoms with Crippen molar-refractivity contribution in [3.63, 3.8) is 0 Å². The van der Waals surface area contributed by atoms with Gasteiger partial charge in [0.1, 0.15) is 6.33 Å². The van der Waals surface area contributed by atoms with E-state index in [4.69, 9.17) is 0 Å². The zero-order valence-electron chi connectivity index (χ0n) is 14.2. The lowest BCUT2D eigenvalue weighted by Gasteiger charge is -2.41. The number of nitrogens with one attached hydrogen (secondary N) is 2. The van der Waals surface area contributed by atoms with Gasteiger partial charge in [-0.15, -0.1) is 0 Å². The summed E-state index contributed by atoms with van der Waals surface area (Å²) in [7, 11) is 0. The third kappa shape index (κ3) is 4.09. The van der Waals surface area contributed by atoms with Crippen LogP contribution in [0.1, 0.15) is 68.6 Å². The molecule has 1 amide bonds. The molecule has 1 aromatic rings. The van der Waals surface area contributed by atoms with E-state index in [1.54, 1.807) is 0 Å². The maximum absolute atomic E-state index is 12.5. The fourth-order valence-corrected chi connectivity index (χ4v) is 3.65. The second-order valence-corrected chi connectivity index (χ2v) is 7.24. The molecule has 2 saturated carbocycles. The summed E-state index contributed by atoms with van der Waals surface area (Å²) < 4.78 is 0. The van der Waals surface area contributed by atoms with Gasteiger partial charge in [-0.2, -0.15) is 5.12 Å². The van der Waals surface area contributed by atoms with Crippen molar-refractivity contribution in [3.05, 3.63) is 24.3 Å². The van der Waals surface area contributed by atoms with Crippen LogP contribution in [0.3, 0.4) is 0 Å². The van der Waals surface area contributed by atoms with E-state index in [9.17, 15) is 9.90 Å². The van der Waals surface area contributed by atoms with E-state index in [1.165, 1.54) is 31.6 Å². The molecule has 24 heavy (non-hydrogen) atoms. The first-order valence-electron chi connectivity index (χ1n) is 8.87. The van der Waals surface area contributed by atoms with Crippen LogP contribution in [0, 0.1) is 0 Å². The van der Waals surface area contributed by atoms with E-state index in [-0.39, 0.29) is 23.6 Å². The predicted octanol–water partition coefficient (Wildman–Crippen LogP) is 1.56. The quantitative estimate of drug-likeness (QED) is 0.709. The Labute approximate surface area is 142 Å². The molecule has 3 N–H and O–H groups in total. The topological polar surface area (TPSA) is 90.4 Å². The van der Waals surface area contributed by atoms with Crippen molar-refractivity contribution in [3.8, 4) is 0 Å². The largest absolute Gasteiger partial charge is 0.393 e. The van der Waals surface area contributed by atoms with Gasteiger partial charge < -0.3 is 5.11 Å². The molecule has 1 aromatic heterocycles. The normalized spacial score (nSPS) is 26.5. The molecule has 2 aliphatic rings. The highest BCUT2D eigenvalue weighted by atomic mass is 16.3. The number of amides is 1. The Balaban J connectivity index is 1.69. The summed E-state index contributed by atoms with van der Waals surface area (Å²) in [5.41, 5.74) is 6.88. The van der Waals surface area contributed by atoms with Gasteiger partial charge in [0.25, 0.3) is 5.91 Å². The molecule has 132 valence electrons. The first-order chi connectivity index (χ1) is 11.6. The Morgan fingerprint density at radius 3 is 2.46 bits per heavy atom. The first kappa shape index (κ1) is 17.3. The number of aromatic nitrogens is 2. The van der Waals surface area contributed by atoms with Crippen LogP contribution in [0.25, 0.3) is 0 Å². The standard InChI is InChI=1S/C17H27N5O2/c1-17(8-2-3-9-17)22(20-14-4-6-15(23)7-5-14)21-16(24)13-10-18-12-19-11-13/h10-12,14-15,20,23H,2-9H2,1H3,(H,21,24). The van der Waals surface area contributed by atoms with Gasteiger partial charge in [0.15, 0.2) is 0 Å².